The molecule has 112 valence electrons. The normalized spacial score (nSPS) is 19.0. The number of aryl methyl sites for hydroxylation is 1. The summed E-state index contributed by atoms with van der Waals surface area (Å²) in [6.07, 6.45) is 4.12. The van der Waals surface area contributed by atoms with Crippen molar-refractivity contribution < 1.29 is 14.7 Å². The monoisotopic (exact) mass is 288 g/mol. The lowest BCUT2D eigenvalue weighted by Crippen LogP contribution is -2.37. The smallest absolute Gasteiger partial charge is 0.317 e. The second kappa shape index (κ2) is 7.04. The number of nitrogens with one attached hydrogen (secondary N) is 1. The van der Waals surface area contributed by atoms with Crippen molar-refractivity contribution in [3.63, 3.8) is 0 Å². The minimum Gasteiger partial charge on any atom is -0.480 e. The highest BCUT2D eigenvalue weighted by molar-refractivity contribution is 5.92. The lowest BCUT2D eigenvalue weighted by atomic mass is 10.1. The summed E-state index contributed by atoms with van der Waals surface area (Å²) >= 11 is 0. The Hall–Kier alpha value is -2.14. The Balaban J connectivity index is 1.83. The number of amides is 1. The maximum atomic E-state index is 11.9. The van der Waals surface area contributed by atoms with Crippen LogP contribution in [0.3, 0.4) is 0 Å². The van der Waals surface area contributed by atoms with Gasteiger partial charge in [0.05, 0.1) is 6.54 Å². The minimum absolute atomic E-state index is 0.0263. The van der Waals surface area contributed by atoms with E-state index >= 15 is 0 Å². The second-order valence-corrected chi connectivity index (χ2v) is 5.31. The number of aliphatic carboxylic acids is 1. The Morgan fingerprint density at radius 1 is 1.43 bits per heavy atom. The van der Waals surface area contributed by atoms with Crippen molar-refractivity contribution in [1.82, 2.24) is 10.2 Å². The van der Waals surface area contributed by atoms with Crippen molar-refractivity contribution in [2.24, 2.45) is 0 Å². The zero-order chi connectivity index (χ0) is 15.2. The van der Waals surface area contributed by atoms with Crippen molar-refractivity contribution >= 4 is 18.0 Å². The molecule has 2 N–H and O–H groups in total. The molecule has 1 atom stereocenters. The van der Waals surface area contributed by atoms with Crippen LogP contribution in [0.5, 0.6) is 0 Å². The fourth-order valence-electron chi connectivity index (χ4n) is 2.47. The van der Waals surface area contributed by atoms with Crippen LogP contribution in [0, 0.1) is 6.92 Å². The van der Waals surface area contributed by atoms with Crippen molar-refractivity contribution in [2.45, 2.75) is 19.4 Å². The summed E-state index contributed by atoms with van der Waals surface area (Å²) in [6, 6.07) is 7.88. The van der Waals surface area contributed by atoms with E-state index in [9.17, 15) is 9.59 Å². The zero-order valence-corrected chi connectivity index (χ0v) is 12.1. The molecule has 21 heavy (non-hydrogen) atoms. The van der Waals surface area contributed by atoms with Crippen LogP contribution < -0.4 is 5.32 Å². The van der Waals surface area contributed by atoms with Crippen LogP contribution in [-0.2, 0) is 9.59 Å². The quantitative estimate of drug-likeness (QED) is 0.801. The van der Waals surface area contributed by atoms with Crippen LogP contribution in [0.1, 0.15) is 17.5 Å². The van der Waals surface area contributed by atoms with Gasteiger partial charge < -0.3 is 10.4 Å². The maximum Gasteiger partial charge on any atom is 0.317 e. The zero-order valence-electron chi connectivity index (χ0n) is 12.1. The predicted octanol–water partition coefficient (Wildman–Crippen LogP) is 1.28. The van der Waals surface area contributed by atoms with E-state index in [-0.39, 0.29) is 18.5 Å². The topological polar surface area (TPSA) is 69.6 Å². The molecule has 1 amide bonds. The first kappa shape index (κ1) is 15.3. The number of likely N-dealkylation sites (tertiary alicyclic amines) is 1. The van der Waals surface area contributed by atoms with Crippen molar-refractivity contribution in [2.75, 3.05) is 19.6 Å². The Labute approximate surface area is 124 Å². The summed E-state index contributed by atoms with van der Waals surface area (Å²) in [5.74, 6) is -0.971. The number of carbonyl (C=O) groups is 2. The standard InChI is InChI=1S/C16H20N2O3/c1-12-4-2-3-5-13(12)6-7-15(19)17-14-8-9-18(10-14)11-16(20)21/h2-7,14H,8-11H2,1H3,(H,17,19)(H,20,21)/b7-6+. The third kappa shape index (κ3) is 4.72. The fourth-order valence-corrected chi connectivity index (χ4v) is 2.47. The van der Waals surface area contributed by atoms with Crippen molar-refractivity contribution in [3.8, 4) is 0 Å². The van der Waals surface area contributed by atoms with E-state index in [1.165, 1.54) is 6.08 Å². The molecule has 1 saturated heterocycles. The summed E-state index contributed by atoms with van der Waals surface area (Å²) in [4.78, 5) is 24.3. The molecule has 5 heteroatoms. The van der Waals surface area contributed by atoms with E-state index in [0.29, 0.717) is 13.1 Å². The highest BCUT2D eigenvalue weighted by Crippen LogP contribution is 2.10. The maximum absolute atomic E-state index is 11.9. The Morgan fingerprint density at radius 3 is 2.90 bits per heavy atom. The van der Waals surface area contributed by atoms with Crippen LogP contribution >= 0.6 is 0 Å². The van der Waals surface area contributed by atoms with Gasteiger partial charge >= 0.3 is 5.97 Å². The molecule has 1 unspecified atom stereocenters. The molecule has 1 heterocycles. The average Bonchev–Trinajstić information content (AvgIpc) is 2.84. The van der Waals surface area contributed by atoms with Crippen LogP contribution in [0.15, 0.2) is 30.3 Å². The number of benzene rings is 1. The second-order valence-electron chi connectivity index (χ2n) is 5.31. The molecule has 1 aromatic carbocycles. The first-order valence-electron chi connectivity index (χ1n) is 7.03. The van der Waals surface area contributed by atoms with Gasteiger partial charge in [-0.25, -0.2) is 0 Å². The highest BCUT2D eigenvalue weighted by atomic mass is 16.4. The molecular formula is C16H20N2O3. The van der Waals surface area contributed by atoms with Gasteiger partial charge in [-0.3, -0.25) is 14.5 Å². The Morgan fingerprint density at radius 2 is 2.19 bits per heavy atom. The van der Waals surface area contributed by atoms with Crippen LogP contribution in [0.25, 0.3) is 6.08 Å². The predicted molar refractivity (Wildman–Crippen MR) is 80.8 cm³/mol. The Kier molecular flexibility index (Phi) is 5.11. The van der Waals surface area contributed by atoms with Gasteiger partial charge in [0.1, 0.15) is 0 Å². The number of hydrogen-bond acceptors (Lipinski definition) is 3. The summed E-state index contributed by atoms with van der Waals surface area (Å²) in [7, 11) is 0. The van der Waals surface area contributed by atoms with Crippen LogP contribution in [0.4, 0.5) is 0 Å². The Bertz CT molecular complexity index is 554. The first-order chi connectivity index (χ1) is 10.0. The third-order valence-corrected chi connectivity index (χ3v) is 3.58. The van der Waals surface area contributed by atoms with Gasteiger partial charge in [0.2, 0.25) is 5.91 Å². The average molecular weight is 288 g/mol. The number of rotatable bonds is 5. The molecule has 0 aromatic heterocycles. The molecule has 1 aromatic rings. The summed E-state index contributed by atoms with van der Waals surface area (Å²) in [5, 5.41) is 11.6. The molecule has 2 rings (SSSR count). The number of carboxylic acids is 1. The van der Waals surface area contributed by atoms with E-state index in [1.54, 1.807) is 6.08 Å². The largest absolute Gasteiger partial charge is 0.480 e. The third-order valence-electron chi connectivity index (χ3n) is 3.58. The highest BCUT2D eigenvalue weighted by Gasteiger charge is 2.24. The lowest BCUT2D eigenvalue weighted by molar-refractivity contribution is -0.138. The van der Waals surface area contributed by atoms with Gasteiger partial charge in [0.15, 0.2) is 0 Å². The molecule has 0 saturated carbocycles. The van der Waals surface area contributed by atoms with Gasteiger partial charge in [-0.05, 0) is 30.5 Å². The van der Waals surface area contributed by atoms with E-state index in [1.807, 2.05) is 36.1 Å². The molecule has 0 aliphatic carbocycles. The van der Waals surface area contributed by atoms with Crippen molar-refractivity contribution in [3.05, 3.63) is 41.5 Å². The number of nitrogens with zero attached hydrogens (tertiary/aromatic N) is 1. The molecule has 0 spiro atoms. The van der Waals surface area contributed by atoms with Crippen LogP contribution in [0.2, 0.25) is 0 Å². The summed E-state index contributed by atoms with van der Waals surface area (Å²) < 4.78 is 0. The van der Waals surface area contributed by atoms with E-state index in [0.717, 1.165) is 17.5 Å². The molecule has 0 radical (unpaired) electrons. The van der Waals surface area contributed by atoms with Gasteiger partial charge in [-0.1, -0.05) is 24.3 Å². The number of carboxylic acid groups (broad SMARTS) is 1. The van der Waals surface area contributed by atoms with Gasteiger partial charge in [0, 0.05) is 25.2 Å². The summed E-state index contributed by atoms with van der Waals surface area (Å²) in [5.41, 5.74) is 2.14. The fraction of sp³-hybridized carbons (Fsp3) is 0.375. The SMILES string of the molecule is Cc1ccccc1/C=C/C(=O)NC1CCN(CC(=O)O)C1. The van der Waals surface area contributed by atoms with Crippen LogP contribution in [-0.4, -0.2) is 47.6 Å². The van der Waals surface area contributed by atoms with Gasteiger partial charge in [-0.2, -0.15) is 0 Å². The summed E-state index contributed by atoms with van der Waals surface area (Å²) in [6.45, 7) is 3.33. The molecule has 5 nitrogen and oxygen atoms in total. The van der Waals surface area contributed by atoms with Gasteiger partial charge in [0.25, 0.3) is 0 Å². The van der Waals surface area contributed by atoms with Crippen molar-refractivity contribution in [1.29, 1.82) is 0 Å². The van der Waals surface area contributed by atoms with E-state index in [2.05, 4.69) is 5.32 Å². The number of hydrogen-bond donors (Lipinski definition) is 2. The number of carbonyl (C=O) groups excluding carboxylic acids is 1. The molecule has 1 aliphatic rings. The lowest BCUT2D eigenvalue weighted by Gasteiger charge is -2.13. The van der Waals surface area contributed by atoms with E-state index < -0.39 is 5.97 Å². The molecule has 0 bridgehead atoms. The molecule has 1 fully saturated rings. The molecule has 1 aliphatic heterocycles. The molecular weight excluding hydrogens is 268 g/mol. The minimum atomic E-state index is -0.832. The first-order valence-corrected chi connectivity index (χ1v) is 7.03. The van der Waals surface area contributed by atoms with Gasteiger partial charge in [-0.15, -0.1) is 0 Å². The van der Waals surface area contributed by atoms with E-state index in [4.69, 9.17) is 5.11 Å².